The Morgan fingerprint density at radius 1 is 1.61 bits per heavy atom. The van der Waals surface area contributed by atoms with Gasteiger partial charge in [-0.15, -0.1) is 0 Å². The first-order valence-corrected chi connectivity index (χ1v) is 5.17. The van der Waals surface area contributed by atoms with Gasteiger partial charge in [-0.2, -0.15) is 0 Å². The van der Waals surface area contributed by atoms with Gasteiger partial charge >= 0.3 is 11.7 Å². The van der Waals surface area contributed by atoms with Gasteiger partial charge in [-0.25, -0.2) is 0 Å². The molecular formula is C11H14N2O5. The van der Waals surface area contributed by atoms with E-state index in [1.165, 1.54) is 26.2 Å². The predicted molar refractivity (Wildman–Crippen MR) is 63.1 cm³/mol. The number of methoxy groups -OCH3 is 1. The van der Waals surface area contributed by atoms with E-state index < -0.39 is 28.4 Å². The Labute approximate surface area is 103 Å². The molecule has 7 heteroatoms. The molecule has 0 aliphatic heterocycles. The summed E-state index contributed by atoms with van der Waals surface area (Å²) < 4.78 is 4.45. The number of aryl methyl sites for hydroxylation is 1. The highest BCUT2D eigenvalue weighted by molar-refractivity contribution is 5.71. The average Bonchev–Trinajstić information content (AvgIpc) is 2.28. The summed E-state index contributed by atoms with van der Waals surface area (Å²) in [6, 6.07) is 2.09. The molecule has 18 heavy (non-hydrogen) atoms. The third kappa shape index (κ3) is 2.75. The summed E-state index contributed by atoms with van der Waals surface area (Å²) >= 11 is 0. The number of nitro benzene ring substituents is 1. The molecule has 1 aromatic rings. The molecule has 0 saturated heterocycles. The first-order valence-electron chi connectivity index (χ1n) is 5.17. The highest BCUT2D eigenvalue weighted by Gasteiger charge is 2.24. The summed E-state index contributed by atoms with van der Waals surface area (Å²) in [6.07, 6.45) is -0.162. The van der Waals surface area contributed by atoms with Gasteiger partial charge in [0.05, 0.1) is 18.5 Å². The fourth-order valence-electron chi connectivity index (χ4n) is 1.60. The van der Waals surface area contributed by atoms with E-state index in [-0.39, 0.29) is 12.0 Å². The van der Waals surface area contributed by atoms with Crippen LogP contribution >= 0.6 is 0 Å². The Morgan fingerprint density at radius 3 is 2.72 bits per heavy atom. The number of ether oxygens (including phenoxy) is 1. The molecule has 0 fully saturated rings. The number of rotatable bonds is 4. The normalized spacial score (nSPS) is 11.9. The van der Waals surface area contributed by atoms with Crippen molar-refractivity contribution in [3.05, 3.63) is 33.4 Å². The van der Waals surface area contributed by atoms with E-state index in [9.17, 15) is 20.0 Å². The van der Waals surface area contributed by atoms with Crippen molar-refractivity contribution in [2.75, 3.05) is 7.11 Å². The van der Waals surface area contributed by atoms with E-state index in [2.05, 4.69) is 4.74 Å². The van der Waals surface area contributed by atoms with E-state index >= 15 is 0 Å². The maximum absolute atomic E-state index is 11.1. The van der Waals surface area contributed by atoms with Crippen LogP contribution in [0.15, 0.2) is 12.1 Å². The molecular weight excluding hydrogens is 240 g/mol. The molecule has 1 aromatic carbocycles. The van der Waals surface area contributed by atoms with E-state index in [4.69, 9.17) is 5.73 Å². The van der Waals surface area contributed by atoms with Crippen LogP contribution in [0, 0.1) is 17.0 Å². The molecule has 0 aromatic heterocycles. The lowest BCUT2D eigenvalue weighted by atomic mass is 10.0. The van der Waals surface area contributed by atoms with Crippen LogP contribution in [0.5, 0.6) is 5.75 Å². The SMILES string of the molecule is COC(=O)C[C@@H](N)c1ccc(C)c([N+](=O)[O-])c1O. The van der Waals surface area contributed by atoms with Gasteiger partial charge in [-0.1, -0.05) is 12.1 Å². The summed E-state index contributed by atoms with van der Waals surface area (Å²) in [5.41, 5.74) is 5.79. The van der Waals surface area contributed by atoms with Gasteiger partial charge in [0, 0.05) is 17.2 Å². The van der Waals surface area contributed by atoms with Crippen LogP contribution in [0.4, 0.5) is 5.69 Å². The first-order chi connectivity index (χ1) is 8.38. The number of hydrogen-bond donors (Lipinski definition) is 2. The molecule has 0 saturated carbocycles. The van der Waals surface area contributed by atoms with Crippen molar-refractivity contribution in [3.63, 3.8) is 0 Å². The van der Waals surface area contributed by atoms with Crippen LogP contribution in [0.25, 0.3) is 0 Å². The number of benzene rings is 1. The minimum atomic E-state index is -0.850. The van der Waals surface area contributed by atoms with Gasteiger partial charge in [0.2, 0.25) is 0 Å². The molecule has 1 rings (SSSR count). The molecule has 0 heterocycles. The number of phenolic OH excluding ortho intramolecular Hbond substituents is 1. The standard InChI is InChI=1S/C11H14N2O5/c1-6-3-4-7(8(12)5-9(14)18-2)11(15)10(6)13(16)17/h3-4,8,15H,5,12H2,1-2H3/t8-/m1/s1. The van der Waals surface area contributed by atoms with E-state index in [1.807, 2.05) is 0 Å². The summed E-state index contributed by atoms with van der Waals surface area (Å²) in [4.78, 5) is 21.2. The number of carbonyl (C=O) groups is 1. The van der Waals surface area contributed by atoms with Crippen molar-refractivity contribution in [1.82, 2.24) is 0 Å². The fraction of sp³-hybridized carbons (Fsp3) is 0.364. The molecule has 7 nitrogen and oxygen atoms in total. The van der Waals surface area contributed by atoms with E-state index in [1.54, 1.807) is 0 Å². The highest BCUT2D eigenvalue weighted by atomic mass is 16.6. The zero-order valence-electron chi connectivity index (χ0n) is 10.0. The molecule has 3 N–H and O–H groups in total. The molecule has 0 unspecified atom stereocenters. The second-order valence-corrected chi connectivity index (χ2v) is 3.81. The van der Waals surface area contributed by atoms with Gasteiger partial charge in [0.15, 0.2) is 5.75 Å². The molecule has 0 aliphatic carbocycles. The van der Waals surface area contributed by atoms with Crippen LogP contribution in [0.2, 0.25) is 0 Å². The molecule has 0 amide bonds. The average molecular weight is 254 g/mol. The van der Waals surface area contributed by atoms with Crippen molar-refractivity contribution < 1.29 is 19.6 Å². The predicted octanol–water partition coefficient (Wildman–Crippen LogP) is 1.17. The molecule has 0 spiro atoms. The topological polar surface area (TPSA) is 116 Å². The maximum Gasteiger partial charge on any atom is 0.313 e. The number of phenols is 1. The molecule has 0 radical (unpaired) electrons. The highest BCUT2D eigenvalue weighted by Crippen LogP contribution is 2.36. The lowest BCUT2D eigenvalue weighted by Gasteiger charge is -2.13. The zero-order chi connectivity index (χ0) is 13.9. The van der Waals surface area contributed by atoms with Crippen LogP contribution in [-0.4, -0.2) is 23.1 Å². The number of hydrogen-bond acceptors (Lipinski definition) is 6. The quantitative estimate of drug-likeness (QED) is 0.473. The van der Waals surface area contributed by atoms with Crippen molar-refractivity contribution in [2.24, 2.45) is 5.73 Å². The molecule has 0 bridgehead atoms. The first kappa shape index (κ1) is 13.9. The molecule has 1 atom stereocenters. The Bertz CT molecular complexity index is 487. The van der Waals surface area contributed by atoms with E-state index in [0.717, 1.165) is 0 Å². The van der Waals surface area contributed by atoms with Crippen molar-refractivity contribution >= 4 is 11.7 Å². The van der Waals surface area contributed by atoms with Crippen LogP contribution in [-0.2, 0) is 9.53 Å². The second-order valence-electron chi connectivity index (χ2n) is 3.81. The summed E-state index contributed by atoms with van der Waals surface area (Å²) in [5.74, 6) is -1.05. The number of carbonyl (C=O) groups excluding carboxylic acids is 1. The van der Waals surface area contributed by atoms with Crippen molar-refractivity contribution in [1.29, 1.82) is 0 Å². The summed E-state index contributed by atoms with van der Waals surface area (Å²) in [6.45, 7) is 1.51. The number of aromatic hydroxyl groups is 1. The van der Waals surface area contributed by atoms with Gasteiger partial charge in [0.25, 0.3) is 0 Å². The second kappa shape index (κ2) is 5.46. The van der Waals surface area contributed by atoms with Crippen molar-refractivity contribution in [2.45, 2.75) is 19.4 Å². The number of nitrogens with zero attached hydrogens (tertiary/aromatic N) is 1. The summed E-state index contributed by atoms with van der Waals surface area (Å²) in [5, 5.41) is 20.6. The monoisotopic (exact) mass is 254 g/mol. The lowest BCUT2D eigenvalue weighted by Crippen LogP contribution is -2.16. The third-order valence-corrected chi connectivity index (χ3v) is 2.58. The van der Waals surface area contributed by atoms with E-state index in [0.29, 0.717) is 5.56 Å². The number of nitrogens with two attached hydrogens (primary N) is 1. The minimum absolute atomic E-state index is 0.151. The van der Waals surface area contributed by atoms with Gasteiger partial charge in [0.1, 0.15) is 0 Å². The van der Waals surface area contributed by atoms with Crippen LogP contribution in [0.3, 0.4) is 0 Å². The Kier molecular flexibility index (Phi) is 4.22. The molecule has 0 aliphatic rings. The van der Waals surface area contributed by atoms with Crippen molar-refractivity contribution in [3.8, 4) is 5.75 Å². The van der Waals surface area contributed by atoms with Crippen LogP contribution < -0.4 is 5.73 Å². The third-order valence-electron chi connectivity index (χ3n) is 2.58. The van der Waals surface area contributed by atoms with Gasteiger partial charge in [-0.05, 0) is 6.92 Å². The number of esters is 1. The Hall–Kier alpha value is -2.15. The zero-order valence-corrected chi connectivity index (χ0v) is 10.0. The Morgan fingerprint density at radius 2 is 2.22 bits per heavy atom. The summed E-state index contributed by atoms with van der Waals surface area (Å²) in [7, 11) is 1.21. The van der Waals surface area contributed by atoms with Crippen LogP contribution in [0.1, 0.15) is 23.6 Å². The smallest absolute Gasteiger partial charge is 0.313 e. The molecule has 98 valence electrons. The Balaban J connectivity index is 3.14. The fourth-order valence-corrected chi connectivity index (χ4v) is 1.60. The van der Waals surface area contributed by atoms with Gasteiger partial charge in [-0.3, -0.25) is 14.9 Å². The number of nitro groups is 1. The largest absolute Gasteiger partial charge is 0.502 e. The van der Waals surface area contributed by atoms with Gasteiger partial charge < -0.3 is 15.6 Å². The maximum atomic E-state index is 11.1. The lowest BCUT2D eigenvalue weighted by molar-refractivity contribution is -0.386. The minimum Gasteiger partial charge on any atom is -0.502 e.